The minimum absolute atomic E-state index is 0.0144. The van der Waals surface area contributed by atoms with Gasteiger partial charge in [-0.15, -0.1) is 0 Å². The molecule has 1 aliphatic heterocycles. The molecule has 1 saturated heterocycles. The number of pyridine rings is 1. The van der Waals surface area contributed by atoms with Crippen LogP contribution in [0.1, 0.15) is 78.2 Å². The smallest absolute Gasteiger partial charge is 0.325 e. The van der Waals surface area contributed by atoms with Gasteiger partial charge in [0, 0.05) is 11.9 Å². The van der Waals surface area contributed by atoms with Crippen molar-refractivity contribution >= 4 is 58.3 Å². The number of nitrogens with one attached hydrogen (secondary N) is 4. The van der Waals surface area contributed by atoms with E-state index in [2.05, 4.69) is 26.4 Å². The van der Waals surface area contributed by atoms with Gasteiger partial charge in [0.25, 0.3) is 17.7 Å². The van der Waals surface area contributed by atoms with Gasteiger partial charge in [-0.2, -0.15) is 0 Å². The molecule has 0 unspecified atom stereocenters. The third kappa shape index (κ3) is 13.4. The van der Waals surface area contributed by atoms with Crippen LogP contribution in [0.3, 0.4) is 0 Å². The van der Waals surface area contributed by atoms with Crippen LogP contribution in [0, 0.1) is 34.8 Å². The van der Waals surface area contributed by atoms with E-state index >= 15 is 0 Å². The van der Waals surface area contributed by atoms with Crippen molar-refractivity contribution in [2.24, 2.45) is 23.2 Å². The van der Waals surface area contributed by atoms with Gasteiger partial charge < -0.3 is 35.8 Å². The van der Waals surface area contributed by atoms with E-state index in [1.165, 1.54) is 11.0 Å². The molecule has 0 saturated carbocycles. The van der Waals surface area contributed by atoms with E-state index in [0.717, 1.165) is 23.6 Å². The predicted molar refractivity (Wildman–Crippen MR) is 226 cm³/mol. The molecule has 5 atom stereocenters. The lowest BCUT2D eigenvalue weighted by Gasteiger charge is -2.35. The topological polar surface area (TPSA) is 254 Å². The third-order valence-corrected chi connectivity index (χ3v) is 10.4. The number of ether oxygens (including phenoxy) is 1. The lowest BCUT2D eigenvalue weighted by molar-refractivity contribution is -0.154. The number of hydrogen-bond acceptors (Lipinski definition) is 10. The lowest BCUT2D eigenvalue weighted by atomic mass is 9.81. The Morgan fingerprint density at radius 3 is 2.06 bits per heavy atom. The first-order valence-corrected chi connectivity index (χ1v) is 20.7. The normalized spacial score (nSPS) is 16.4. The molecule has 0 bridgehead atoms. The minimum atomic E-state index is -1.74. The number of carboxylic acid groups (broad SMARTS) is 2. The summed E-state index contributed by atoms with van der Waals surface area (Å²) in [7, 11) is 0. The summed E-state index contributed by atoms with van der Waals surface area (Å²) in [5.41, 5.74) is 2.40. The second kappa shape index (κ2) is 21.6. The maximum Gasteiger partial charge on any atom is 0.325 e. The summed E-state index contributed by atoms with van der Waals surface area (Å²) < 4.78 is 33.4. The molecule has 0 aliphatic carbocycles. The molecule has 6 amide bonds. The van der Waals surface area contributed by atoms with Crippen molar-refractivity contribution in [3.63, 3.8) is 0 Å². The molecule has 20 heteroatoms. The van der Waals surface area contributed by atoms with E-state index in [0.29, 0.717) is 16.9 Å². The maximum absolute atomic E-state index is 14.5. The molecular formula is C44H55F2N7O11. The monoisotopic (exact) mass is 895 g/mol. The van der Waals surface area contributed by atoms with Crippen molar-refractivity contribution in [2.75, 3.05) is 19.7 Å². The highest BCUT2D eigenvalue weighted by atomic mass is 19.1. The Balaban J connectivity index is 1.55. The van der Waals surface area contributed by atoms with E-state index in [-0.39, 0.29) is 18.7 Å². The Bertz CT molecular complexity index is 2230. The third-order valence-electron chi connectivity index (χ3n) is 10.4. The van der Waals surface area contributed by atoms with Gasteiger partial charge in [-0.05, 0) is 60.3 Å². The number of likely N-dealkylation sites (tertiary alicyclic amines) is 1. The quantitative estimate of drug-likeness (QED) is 0.101. The van der Waals surface area contributed by atoms with Crippen LogP contribution in [0.5, 0.6) is 5.75 Å². The standard InChI is InChI=1S/C44H55F2N7O11/c1-23(2)35(49-39(59)30-16-15-25-11-8-9-14-29(25)47-30)41(61)48-31(19-33(55)56)40(60)50-36(24(3)4)43(63)52-18-17-26(20-44(5,6)7)37(52)42(62)51-53(21-34(57)58)32(54)22-64-38-27(45)12-10-13-28(38)46/h8-16,23-24,26,31,35-37H,17-22H2,1-7H3,(H,48,61)(H,49,59)(H,50,60)(H,51,62)(H,55,56)(H,57,58)/t26-,31+,35+,36+,37+/m1/s1. The number of carboxylic acids is 2. The van der Waals surface area contributed by atoms with Gasteiger partial charge in [-0.3, -0.25) is 43.8 Å². The molecule has 4 rings (SSSR count). The fourth-order valence-corrected chi connectivity index (χ4v) is 7.35. The number of para-hydroxylation sites is 2. The summed E-state index contributed by atoms with van der Waals surface area (Å²) in [5, 5.41) is 28.1. The molecule has 3 aromatic rings. The fraction of sp³-hybridized carbons (Fsp3) is 0.477. The van der Waals surface area contributed by atoms with Crippen molar-refractivity contribution in [3.05, 3.63) is 71.9 Å². The Hall–Kier alpha value is -6.73. The summed E-state index contributed by atoms with van der Waals surface area (Å²) in [5.74, 6) is -13.5. The van der Waals surface area contributed by atoms with Crippen molar-refractivity contribution in [1.29, 1.82) is 0 Å². The van der Waals surface area contributed by atoms with Gasteiger partial charge in [-0.1, -0.05) is 78.8 Å². The van der Waals surface area contributed by atoms with Crippen LogP contribution in [-0.4, -0.2) is 116 Å². The number of carbonyl (C=O) groups excluding carboxylic acids is 6. The molecule has 1 aliphatic rings. The van der Waals surface area contributed by atoms with Gasteiger partial charge in [0.15, 0.2) is 24.0 Å². The van der Waals surface area contributed by atoms with E-state index < -0.39 is 132 Å². The maximum atomic E-state index is 14.5. The molecule has 1 aromatic heterocycles. The zero-order valence-electron chi connectivity index (χ0n) is 36.6. The summed E-state index contributed by atoms with van der Waals surface area (Å²) in [6.07, 6.45) is -0.269. The predicted octanol–water partition coefficient (Wildman–Crippen LogP) is 3.04. The first kappa shape index (κ1) is 49.9. The van der Waals surface area contributed by atoms with Crippen LogP contribution >= 0.6 is 0 Å². The number of rotatable bonds is 18. The molecule has 2 heterocycles. The van der Waals surface area contributed by atoms with Crippen molar-refractivity contribution < 1.29 is 62.1 Å². The molecule has 64 heavy (non-hydrogen) atoms. The van der Waals surface area contributed by atoms with Crippen LogP contribution in [0.2, 0.25) is 0 Å². The van der Waals surface area contributed by atoms with Gasteiger partial charge in [-0.25, -0.2) is 18.8 Å². The van der Waals surface area contributed by atoms with E-state index in [1.54, 1.807) is 45.9 Å². The van der Waals surface area contributed by atoms with Gasteiger partial charge in [0.05, 0.1) is 11.9 Å². The number of aliphatic carboxylic acids is 2. The number of nitrogens with zero attached hydrogens (tertiary/aromatic N) is 3. The number of benzene rings is 2. The minimum Gasteiger partial charge on any atom is -0.481 e. The molecule has 2 aromatic carbocycles. The average Bonchev–Trinajstić information content (AvgIpc) is 3.62. The first-order chi connectivity index (χ1) is 30.0. The number of hydrazine groups is 1. The van der Waals surface area contributed by atoms with Crippen molar-refractivity contribution in [3.8, 4) is 5.75 Å². The van der Waals surface area contributed by atoms with E-state index in [9.17, 15) is 57.4 Å². The van der Waals surface area contributed by atoms with Crippen LogP contribution in [0.4, 0.5) is 8.78 Å². The number of halogens is 2. The van der Waals surface area contributed by atoms with E-state index in [4.69, 9.17) is 4.74 Å². The van der Waals surface area contributed by atoms with Crippen LogP contribution in [-0.2, 0) is 33.6 Å². The van der Waals surface area contributed by atoms with Crippen LogP contribution in [0.15, 0.2) is 54.6 Å². The SMILES string of the molecule is CC(C)[C@H](NC(=O)c1ccc2ccccc2n1)C(=O)N[C@@H](CC(=O)O)C(=O)N[C@H](C(=O)N1CC[C@H](CC(C)(C)C)[C@H]1C(=O)NN(CC(=O)O)C(=O)COc1c(F)cccc1F)C(C)C. The second-order valence-electron chi connectivity index (χ2n) is 17.5. The Kier molecular flexibility index (Phi) is 16.8. The van der Waals surface area contributed by atoms with Crippen molar-refractivity contribution in [2.45, 2.75) is 91.9 Å². The Morgan fingerprint density at radius 1 is 0.828 bits per heavy atom. The molecule has 6 N–H and O–H groups in total. The largest absolute Gasteiger partial charge is 0.481 e. The highest BCUT2D eigenvalue weighted by Gasteiger charge is 2.46. The van der Waals surface area contributed by atoms with Gasteiger partial charge in [0.1, 0.15) is 36.4 Å². The number of hydrogen-bond donors (Lipinski definition) is 6. The number of aromatic nitrogens is 1. The first-order valence-electron chi connectivity index (χ1n) is 20.7. The average molecular weight is 896 g/mol. The van der Waals surface area contributed by atoms with Gasteiger partial charge in [0.2, 0.25) is 17.7 Å². The molecule has 0 spiro atoms. The molecule has 1 fully saturated rings. The Morgan fingerprint density at radius 2 is 1.47 bits per heavy atom. The molecule has 18 nitrogen and oxygen atoms in total. The lowest BCUT2D eigenvalue weighted by Crippen LogP contribution is -2.61. The van der Waals surface area contributed by atoms with Gasteiger partial charge >= 0.3 is 11.9 Å². The Labute approximate surface area is 368 Å². The van der Waals surface area contributed by atoms with Crippen molar-refractivity contribution in [1.82, 2.24) is 36.3 Å². The number of fused-ring (bicyclic) bond motifs is 1. The fourth-order valence-electron chi connectivity index (χ4n) is 7.35. The summed E-state index contributed by atoms with van der Waals surface area (Å²) >= 11 is 0. The van der Waals surface area contributed by atoms with Crippen LogP contribution in [0.25, 0.3) is 10.9 Å². The summed E-state index contributed by atoms with van der Waals surface area (Å²) in [6, 6.07) is 7.37. The zero-order chi connectivity index (χ0) is 47.6. The summed E-state index contributed by atoms with van der Waals surface area (Å²) in [6.45, 7) is 9.94. The van der Waals surface area contributed by atoms with Crippen LogP contribution < -0.4 is 26.1 Å². The van der Waals surface area contributed by atoms with E-state index in [1.807, 2.05) is 32.9 Å². The molecule has 346 valence electrons. The summed E-state index contributed by atoms with van der Waals surface area (Å²) in [4.78, 5) is 112. The highest BCUT2D eigenvalue weighted by Crippen LogP contribution is 2.36. The number of carbonyl (C=O) groups is 8. The molecule has 0 radical (unpaired) electrons. The zero-order valence-corrected chi connectivity index (χ0v) is 36.6. The second-order valence-corrected chi connectivity index (χ2v) is 17.5. The highest BCUT2D eigenvalue weighted by molar-refractivity contribution is 6.00. The number of amides is 6. The molecular weight excluding hydrogens is 841 g/mol.